The van der Waals surface area contributed by atoms with Crippen molar-refractivity contribution in [2.75, 3.05) is 6.61 Å². The van der Waals surface area contributed by atoms with Gasteiger partial charge in [0.1, 0.15) is 11.2 Å². The van der Waals surface area contributed by atoms with Crippen molar-refractivity contribution in [3.8, 4) is 0 Å². The van der Waals surface area contributed by atoms with Crippen LogP contribution in [0.3, 0.4) is 0 Å². The molecular formula is C17H28O5. The first-order valence-corrected chi connectivity index (χ1v) is 8.23. The molecule has 126 valence electrons. The Balaban J connectivity index is 1.92. The molecule has 3 rings (SSSR count). The Kier molecular flexibility index (Phi) is 3.45. The molecular weight excluding hydrogens is 284 g/mol. The Morgan fingerprint density at radius 2 is 2.00 bits per heavy atom. The predicted molar refractivity (Wildman–Crippen MR) is 80.1 cm³/mol. The molecule has 0 bridgehead atoms. The van der Waals surface area contributed by atoms with E-state index < -0.39 is 23.1 Å². The molecule has 0 amide bonds. The second kappa shape index (κ2) is 4.68. The lowest BCUT2D eigenvalue weighted by Gasteiger charge is -2.52. The summed E-state index contributed by atoms with van der Waals surface area (Å²) in [7, 11) is 0. The molecule has 5 atom stereocenters. The topological polar surface area (TPSA) is 65.0 Å². The molecule has 5 nitrogen and oxygen atoms in total. The normalized spacial score (nSPS) is 47.9. The van der Waals surface area contributed by atoms with Crippen LogP contribution in [-0.2, 0) is 19.0 Å². The van der Waals surface area contributed by atoms with E-state index in [1.807, 2.05) is 13.8 Å². The van der Waals surface area contributed by atoms with Gasteiger partial charge < -0.3 is 19.3 Å². The summed E-state index contributed by atoms with van der Waals surface area (Å²) in [6.45, 7) is 10.3. The minimum absolute atomic E-state index is 0.0952. The smallest absolute Gasteiger partial charge is 0.303 e. The van der Waals surface area contributed by atoms with Gasteiger partial charge in [-0.3, -0.25) is 4.79 Å². The first-order chi connectivity index (χ1) is 10.0. The number of carbonyl (C=O) groups is 1. The van der Waals surface area contributed by atoms with Crippen LogP contribution in [0.4, 0.5) is 0 Å². The molecule has 0 unspecified atom stereocenters. The van der Waals surface area contributed by atoms with Crippen LogP contribution in [0.2, 0.25) is 0 Å². The number of ether oxygens (including phenoxy) is 3. The number of aliphatic hydroxyl groups excluding tert-OH is 1. The Labute approximate surface area is 132 Å². The van der Waals surface area contributed by atoms with Crippen LogP contribution in [0.15, 0.2) is 0 Å². The lowest BCUT2D eigenvalue weighted by Crippen LogP contribution is -2.60. The Morgan fingerprint density at radius 3 is 2.64 bits per heavy atom. The monoisotopic (exact) mass is 312 g/mol. The second-order valence-corrected chi connectivity index (χ2v) is 8.32. The Hall–Kier alpha value is -0.650. The third kappa shape index (κ3) is 2.05. The summed E-state index contributed by atoms with van der Waals surface area (Å²) in [5.74, 6) is -0.0653. The molecule has 0 radical (unpaired) electrons. The highest BCUT2D eigenvalue weighted by atomic mass is 16.7. The molecule has 5 heteroatoms. The van der Waals surface area contributed by atoms with Crippen molar-refractivity contribution in [3.63, 3.8) is 0 Å². The van der Waals surface area contributed by atoms with Crippen LogP contribution >= 0.6 is 0 Å². The fourth-order valence-electron chi connectivity index (χ4n) is 5.06. The fraction of sp³-hybridized carbons (Fsp3) is 0.941. The number of aliphatic hydroxyl groups is 1. The maximum atomic E-state index is 11.4. The molecule has 2 saturated heterocycles. The molecule has 2 aliphatic heterocycles. The first-order valence-electron chi connectivity index (χ1n) is 8.23. The highest BCUT2D eigenvalue weighted by Gasteiger charge is 2.72. The van der Waals surface area contributed by atoms with Gasteiger partial charge in [0.25, 0.3) is 0 Å². The molecule has 2 heterocycles. The molecule has 0 aromatic rings. The van der Waals surface area contributed by atoms with E-state index in [4.69, 9.17) is 14.2 Å². The minimum Gasteiger partial charge on any atom is -0.460 e. The summed E-state index contributed by atoms with van der Waals surface area (Å²) in [5.41, 5.74) is -1.60. The van der Waals surface area contributed by atoms with Crippen molar-refractivity contribution in [3.05, 3.63) is 0 Å². The predicted octanol–water partition coefficient (Wildman–Crippen LogP) is 2.40. The van der Waals surface area contributed by atoms with Crippen LogP contribution in [0.1, 0.15) is 60.3 Å². The molecule has 22 heavy (non-hydrogen) atoms. The standard InChI is InChI=1S/C17H28O5/c1-11(18)21-14(2,3)12-6-7-15(4)10-20-16(5)9-13(19)22-17(15,16)8-12/h12-13,19H,6-10H2,1-5H3/t12-,13+,15+,16-,17-/m1/s1. The Morgan fingerprint density at radius 1 is 1.32 bits per heavy atom. The summed E-state index contributed by atoms with van der Waals surface area (Å²) in [5, 5.41) is 10.1. The summed E-state index contributed by atoms with van der Waals surface area (Å²) in [6.07, 6.45) is 2.39. The average Bonchev–Trinajstić information content (AvgIpc) is 2.73. The van der Waals surface area contributed by atoms with Crippen LogP contribution in [0, 0.1) is 11.3 Å². The molecule has 0 aromatic carbocycles. The molecule has 3 fully saturated rings. The zero-order chi connectivity index (χ0) is 16.4. The van der Waals surface area contributed by atoms with E-state index in [0.29, 0.717) is 13.0 Å². The SMILES string of the molecule is CC(=O)OC(C)(C)[C@@H]1CC[C@@]2(C)CO[C@]3(C)C[C@@H](O)O[C@]23C1. The van der Waals surface area contributed by atoms with Crippen LogP contribution in [0.25, 0.3) is 0 Å². The molecule has 3 aliphatic rings. The van der Waals surface area contributed by atoms with Gasteiger partial charge in [-0.15, -0.1) is 0 Å². The number of hydrogen-bond donors (Lipinski definition) is 1. The highest BCUT2D eigenvalue weighted by molar-refractivity contribution is 5.66. The molecule has 1 aliphatic carbocycles. The van der Waals surface area contributed by atoms with Crippen molar-refractivity contribution >= 4 is 5.97 Å². The van der Waals surface area contributed by atoms with E-state index >= 15 is 0 Å². The maximum absolute atomic E-state index is 11.4. The van der Waals surface area contributed by atoms with Gasteiger partial charge in [-0.05, 0) is 40.0 Å². The lowest BCUT2D eigenvalue weighted by molar-refractivity contribution is -0.217. The van der Waals surface area contributed by atoms with E-state index in [0.717, 1.165) is 19.3 Å². The first kappa shape index (κ1) is 16.2. The van der Waals surface area contributed by atoms with E-state index in [1.54, 1.807) is 0 Å². The average molecular weight is 312 g/mol. The number of carbonyl (C=O) groups excluding carboxylic acids is 1. The molecule has 0 aromatic heterocycles. The highest BCUT2D eigenvalue weighted by Crippen LogP contribution is 2.64. The third-order valence-corrected chi connectivity index (χ3v) is 6.41. The lowest BCUT2D eigenvalue weighted by atomic mass is 9.56. The van der Waals surface area contributed by atoms with Gasteiger partial charge in [-0.2, -0.15) is 0 Å². The largest absolute Gasteiger partial charge is 0.460 e. The van der Waals surface area contributed by atoms with Crippen LogP contribution in [0.5, 0.6) is 0 Å². The van der Waals surface area contributed by atoms with E-state index in [1.165, 1.54) is 6.92 Å². The number of hydrogen-bond acceptors (Lipinski definition) is 5. The van der Waals surface area contributed by atoms with Crippen molar-refractivity contribution in [1.82, 2.24) is 0 Å². The van der Waals surface area contributed by atoms with Gasteiger partial charge >= 0.3 is 5.97 Å². The summed E-state index contributed by atoms with van der Waals surface area (Å²) >= 11 is 0. The van der Waals surface area contributed by atoms with Crippen LogP contribution < -0.4 is 0 Å². The van der Waals surface area contributed by atoms with Crippen molar-refractivity contribution in [2.24, 2.45) is 11.3 Å². The zero-order valence-corrected chi connectivity index (χ0v) is 14.3. The molecule has 1 N–H and O–H groups in total. The minimum atomic E-state index is -0.778. The zero-order valence-electron chi connectivity index (χ0n) is 14.3. The fourth-order valence-corrected chi connectivity index (χ4v) is 5.06. The maximum Gasteiger partial charge on any atom is 0.303 e. The number of esters is 1. The van der Waals surface area contributed by atoms with Crippen molar-refractivity contribution in [2.45, 2.75) is 83.4 Å². The van der Waals surface area contributed by atoms with E-state index in [2.05, 4.69) is 13.8 Å². The van der Waals surface area contributed by atoms with Gasteiger partial charge in [0, 0.05) is 24.7 Å². The van der Waals surface area contributed by atoms with Gasteiger partial charge in [-0.1, -0.05) is 6.92 Å². The summed E-state index contributed by atoms with van der Waals surface area (Å²) in [6, 6.07) is 0. The van der Waals surface area contributed by atoms with Gasteiger partial charge in [0.2, 0.25) is 0 Å². The van der Waals surface area contributed by atoms with Gasteiger partial charge in [0.05, 0.1) is 12.2 Å². The van der Waals surface area contributed by atoms with Gasteiger partial charge in [0.15, 0.2) is 6.29 Å². The Bertz CT molecular complexity index is 483. The summed E-state index contributed by atoms with van der Waals surface area (Å²) < 4.78 is 17.8. The van der Waals surface area contributed by atoms with E-state index in [-0.39, 0.29) is 17.3 Å². The third-order valence-electron chi connectivity index (χ3n) is 6.41. The number of rotatable bonds is 2. The summed E-state index contributed by atoms with van der Waals surface area (Å²) in [4.78, 5) is 11.4. The second-order valence-electron chi connectivity index (χ2n) is 8.32. The quantitative estimate of drug-likeness (QED) is 0.793. The van der Waals surface area contributed by atoms with Crippen LogP contribution in [-0.4, -0.2) is 40.8 Å². The van der Waals surface area contributed by atoms with Gasteiger partial charge in [-0.25, -0.2) is 0 Å². The van der Waals surface area contributed by atoms with Crippen molar-refractivity contribution < 1.29 is 24.1 Å². The van der Waals surface area contributed by atoms with E-state index in [9.17, 15) is 9.90 Å². The van der Waals surface area contributed by atoms with Crippen molar-refractivity contribution in [1.29, 1.82) is 0 Å². The molecule has 1 spiro atoms. The molecule has 1 saturated carbocycles.